The molecule has 0 unspecified atom stereocenters. The lowest BCUT2D eigenvalue weighted by Gasteiger charge is -2.42. The molecule has 2 rings (SSSR count). The Kier molecular flexibility index (Phi) is 6.42. The Balaban J connectivity index is 2.56. The number of hydrogen-bond donors (Lipinski definition) is 0. The quantitative estimate of drug-likeness (QED) is 0.570. The first kappa shape index (κ1) is 19.2. The van der Waals surface area contributed by atoms with Crippen LogP contribution in [-0.2, 0) is 4.43 Å². The highest BCUT2D eigenvalue weighted by molar-refractivity contribution is 6.99. The van der Waals surface area contributed by atoms with Crippen molar-refractivity contribution in [3.05, 3.63) is 72.3 Å². The molecule has 1 nitrogen and oxygen atoms in total. The van der Waals surface area contributed by atoms with Crippen LogP contribution in [0.1, 0.15) is 34.6 Å². The summed E-state index contributed by atoms with van der Waals surface area (Å²) in [6.45, 7) is 11.4. The van der Waals surface area contributed by atoms with Crippen LogP contribution in [-0.4, -0.2) is 14.9 Å². The van der Waals surface area contributed by atoms with Crippen molar-refractivity contribution in [3.63, 3.8) is 0 Å². The molecule has 0 aliphatic carbocycles. The monoisotopic (exact) mass is 348 g/mol. The molecule has 25 heavy (non-hydrogen) atoms. The van der Waals surface area contributed by atoms with Crippen molar-refractivity contribution in [2.75, 3.05) is 6.61 Å². The summed E-state index contributed by atoms with van der Waals surface area (Å²) in [6.07, 6.45) is 2.09. The van der Waals surface area contributed by atoms with Crippen molar-refractivity contribution in [1.29, 1.82) is 0 Å². The summed E-state index contributed by atoms with van der Waals surface area (Å²) >= 11 is 0. The molecule has 130 valence electrons. The minimum Gasteiger partial charge on any atom is -0.404 e. The first-order valence-corrected chi connectivity index (χ1v) is 10.7. The van der Waals surface area contributed by atoms with Crippen molar-refractivity contribution < 1.29 is 4.43 Å². The smallest absolute Gasteiger partial charge is 0.261 e. The maximum absolute atomic E-state index is 6.78. The van der Waals surface area contributed by atoms with Gasteiger partial charge in [0.25, 0.3) is 8.32 Å². The molecule has 0 N–H and O–H groups in total. The fourth-order valence-corrected chi connectivity index (χ4v) is 7.79. The van der Waals surface area contributed by atoms with E-state index in [4.69, 9.17) is 4.43 Å². The maximum Gasteiger partial charge on any atom is 0.261 e. The molecule has 0 saturated heterocycles. The van der Waals surface area contributed by atoms with E-state index in [0.717, 1.165) is 5.57 Å². The summed E-state index contributed by atoms with van der Waals surface area (Å²) in [5, 5.41) is 2.62. The van der Waals surface area contributed by atoms with E-state index in [1.54, 1.807) is 0 Å². The van der Waals surface area contributed by atoms with Gasteiger partial charge in [0.1, 0.15) is 0 Å². The molecule has 2 heteroatoms. The highest BCUT2D eigenvalue weighted by Crippen LogP contribution is 2.36. The molecular weight excluding hydrogens is 320 g/mol. The Bertz CT molecular complexity index is 719. The molecule has 0 saturated carbocycles. The maximum atomic E-state index is 6.78. The fraction of sp³-hybridized carbons (Fsp3) is 0.304. The van der Waals surface area contributed by atoms with E-state index in [1.807, 2.05) is 13.8 Å². The summed E-state index contributed by atoms with van der Waals surface area (Å²) in [7, 11) is -2.43. The van der Waals surface area contributed by atoms with E-state index in [9.17, 15) is 0 Å². The predicted octanol–water partition coefficient (Wildman–Crippen LogP) is 4.53. The van der Waals surface area contributed by atoms with Gasteiger partial charge in [0, 0.05) is 0 Å². The molecule has 2 aromatic carbocycles. The third-order valence-electron chi connectivity index (χ3n) is 4.43. The van der Waals surface area contributed by atoms with Crippen LogP contribution in [0.25, 0.3) is 0 Å². The van der Waals surface area contributed by atoms with E-state index in [-0.39, 0.29) is 5.04 Å². The third kappa shape index (κ3) is 4.31. The Labute approximate surface area is 153 Å². The highest BCUT2D eigenvalue weighted by Gasteiger charge is 2.49. The Hall–Kier alpha value is -2.08. The molecule has 0 aromatic heterocycles. The topological polar surface area (TPSA) is 9.23 Å². The molecule has 0 radical (unpaired) electrons. The zero-order chi connectivity index (χ0) is 18.3. The van der Waals surface area contributed by atoms with Crippen molar-refractivity contribution in [2.45, 2.75) is 39.7 Å². The van der Waals surface area contributed by atoms with Crippen molar-refractivity contribution in [1.82, 2.24) is 0 Å². The summed E-state index contributed by atoms with van der Waals surface area (Å²) in [5.74, 6) is 6.04. The molecule has 0 aliphatic heterocycles. The summed E-state index contributed by atoms with van der Waals surface area (Å²) in [4.78, 5) is 0. The van der Waals surface area contributed by atoms with Crippen molar-refractivity contribution in [3.8, 4) is 11.8 Å². The average Bonchev–Trinajstić information content (AvgIpc) is 2.59. The van der Waals surface area contributed by atoms with E-state index in [2.05, 4.69) is 99.4 Å². The molecule has 0 atom stereocenters. The van der Waals surface area contributed by atoms with Gasteiger partial charge < -0.3 is 4.43 Å². The fourth-order valence-electron chi connectivity index (χ4n) is 3.30. The van der Waals surface area contributed by atoms with Gasteiger partial charge in [-0.15, -0.1) is 5.92 Å². The first-order chi connectivity index (χ1) is 11.9. The molecule has 0 bridgehead atoms. The molecule has 0 heterocycles. The highest BCUT2D eigenvalue weighted by atomic mass is 28.4. The SMILES string of the molecule is CC#C/C(C)=C/CO[Si](c1ccccc1)(c1ccccc1)C(C)(C)C. The lowest BCUT2D eigenvalue weighted by atomic mass is 10.2. The van der Waals surface area contributed by atoms with E-state index >= 15 is 0 Å². The van der Waals surface area contributed by atoms with Crippen LogP contribution in [0.4, 0.5) is 0 Å². The van der Waals surface area contributed by atoms with Crippen LogP contribution in [0, 0.1) is 11.8 Å². The third-order valence-corrected chi connectivity index (χ3v) is 9.43. The molecule has 0 fully saturated rings. The molecule has 0 amide bonds. The zero-order valence-electron chi connectivity index (χ0n) is 16.0. The van der Waals surface area contributed by atoms with E-state index in [1.165, 1.54) is 10.4 Å². The summed E-state index contributed by atoms with van der Waals surface area (Å²) < 4.78 is 6.78. The Morgan fingerprint density at radius 2 is 1.44 bits per heavy atom. The normalized spacial score (nSPS) is 12.4. The van der Waals surface area contributed by atoms with Crippen LogP contribution in [0.5, 0.6) is 0 Å². The van der Waals surface area contributed by atoms with Crippen LogP contribution < -0.4 is 10.4 Å². The predicted molar refractivity (Wildman–Crippen MR) is 111 cm³/mol. The van der Waals surface area contributed by atoms with Crippen LogP contribution in [0.3, 0.4) is 0 Å². The van der Waals surface area contributed by atoms with Gasteiger partial charge in [-0.1, -0.05) is 87.4 Å². The average molecular weight is 349 g/mol. The van der Waals surface area contributed by atoms with Crippen molar-refractivity contribution >= 4 is 18.7 Å². The van der Waals surface area contributed by atoms with Gasteiger partial charge in [-0.3, -0.25) is 0 Å². The van der Waals surface area contributed by atoms with E-state index in [0.29, 0.717) is 6.61 Å². The Morgan fingerprint density at radius 3 is 1.84 bits per heavy atom. The minimum absolute atomic E-state index is 0.00782. The molecule has 2 aromatic rings. The lowest BCUT2D eigenvalue weighted by molar-refractivity contribution is 0.339. The number of hydrogen-bond acceptors (Lipinski definition) is 1. The second kappa shape index (κ2) is 8.34. The number of allylic oxidation sites excluding steroid dienone is 1. The van der Waals surface area contributed by atoms with Gasteiger partial charge in [-0.2, -0.15) is 0 Å². The van der Waals surface area contributed by atoms with Crippen LogP contribution in [0.15, 0.2) is 72.3 Å². The lowest BCUT2D eigenvalue weighted by Crippen LogP contribution is -2.66. The van der Waals surface area contributed by atoms with Gasteiger partial charge in [0.15, 0.2) is 0 Å². The minimum atomic E-state index is -2.43. The summed E-state index contributed by atoms with van der Waals surface area (Å²) in [6, 6.07) is 21.4. The zero-order valence-corrected chi connectivity index (χ0v) is 17.0. The van der Waals surface area contributed by atoms with Gasteiger partial charge in [0.05, 0.1) is 6.61 Å². The largest absolute Gasteiger partial charge is 0.404 e. The molecule has 0 spiro atoms. The Morgan fingerprint density at radius 1 is 0.960 bits per heavy atom. The molecular formula is C23H28OSi. The van der Waals surface area contributed by atoms with Crippen LogP contribution >= 0.6 is 0 Å². The van der Waals surface area contributed by atoms with Crippen LogP contribution in [0.2, 0.25) is 5.04 Å². The first-order valence-electron chi connectivity index (χ1n) is 8.76. The molecule has 0 aliphatic rings. The second-order valence-electron chi connectivity index (χ2n) is 7.24. The standard InChI is InChI=1S/C23H28OSi/c1-6-13-20(2)18-19-24-25(23(3,4)5,21-14-9-7-10-15-21)22-16-11-8-12-17-22/h7-12,14-18H,19H2,1-5H3/b20-18+. The van der Waals surface area contributed by atoms with Gasteiger partial charge in [-0.05, 0) is 40.9 Å². The van der Waals surface area contributed by atoms with Gasteiger partial charge >= 0.3 is 0 Å². The van der Waals surface area contributed by atoms with Crippen molar-refractivity contribution in [2.24, 2.45) is 0 Å². The number of benzene rings is 2. The van der Waals surface area contributed by atoms with Gasteiger partial charge in [-0.25, -0.2) is 0 Å². The van der Waals surface area contributed by atoms with Gasteiger partial charge in [0.2, 0.25) is 0 Å². The second-order valence-corrected chi connectivity index (χ2v) is 11.5. The number of rotatable bonds is 5. The summed E-state index contributed by atoms with van der Waals surface area (Å²) in [5.41, 5.74) is 1.06. The van der Waals surface area contributed by atoms with E-state index < -0.39 is 8.32 Å².